The lowest BCUT2D eigenvalue weighted by Gasteiger charge is -2.57. The molecule has 2 aromatic heterocycles. The van der Waals surface area contributed by atoms with E-state index in [9.17, 15) is 0 Å². The van der Waals surface area contributed by atoms with Gasteiger partial charge in [-0.15, -0.1) is 0 Å². The highest BCUT2D eigenvalue weighted by molar-refractivity contribution is 6.12. The molecule has 4 fully saturated rings. The van der Waals surface area contributed by atoms with Gasteiger partial charge in [0, 0.05) is 27.5 Å². The summed E-state index contributed by atoms with van der Waals surface area (Å²) in [4.78, 5) is 18.9. The lowest BCUT2D eigenvalue weighted by molar-refractivity contribution is -0.00515. The number of aromatic nitrogens is 3. The summed E-state index contributed by atoms with van der Waals surface area (Å²) in [5, 5.41) is 2.11. The number of hydrogen-bond acceptors (Lipinski definition) is 4. The summed E-state index contributed by atoms with van der Waals surface area (Å²) in [6, 6.07) is 39.3. The van der Waals surface area contributed by atoms with Crippen molar-refractivity contribution in [2.24, 2.45) is 17.8 Å². The molecule has 5 aromatic carbocycles. The van der Waals surface area contributed by atoms with Crippen LogP contribution >= 0.6 is 0 Å². The van der Waals surface area contributed by atoms with E-state index in [4.69, 9.17) is 25.9 Å². The van der Waals surface area contributed by atoms with Gasteiger partial charge in [0.05, 0.1) is 6.57 Å². The number of rotatable bonds is 5. The van der Waals surface area contributed by atoms with Crippen molar-refractivity contribution in [3.05, 3.63) is 132 Å². The largest absolute Gasteiger partial charge is 0.456 e. The maximum Gasteiger partial charge on any atom is 0.187 e. The molecular weight excluding hydrogens is 601 g/mol. The summed E-state index contributed by atoms with van der Waals surface area (Å²) >= 11 is 0. The predicted molar refractivity (Wildman–Crippen MR) is 195 cm³/mol. The number of hydrogen-bond donors (Lipinski definition) is 0. The van der Waals surface area contributed by atoms with E-state index in [-0.39, 0.29) is 0 Å². The molecule has 4 aliphatic carbocycles. The molecule has 0 atom stereocenters. The highest BCUT2D eigenvalue weighted by Gasteiger charge is 2.51. The van der Waals surface area contributed by atoms with E-state index >= 15 is 0 Å². The maximum absolute atomic E-state index is 7.60. The van der Waals surface area contributed by atoms with E-state index in [0.29, 0.717) is 28.6 Å². The Morgan fingerprint density at radius 2 is 1.20 bits per heavy atom. The van der Waals surface area contributed by atoms with Crippen LogP contribution in [0.3, 0.4) is 0 Å². The standard InChI is InChI=1S/C44H34N4O/c1-45-35-13-6-12-33(22-35)42-46-41(32-11-5-10-31(21-32)30-8-3-2-4-9-30)47-43(48-42)37-14-7-15-38-40(37)36-17-16-34(23-39(36)49-38)44-24-27-18-28(25-44)20-29(19-27)26-44/h2-17,21-23,27-29H,18-20,24-26H2. The normalized spacial score (nSPS) is 22.5. The first-order valence-electron chi connectivity index (χ1n) is 17.5. The van der Waals surface area contributed by atoms with Crippen molar-refractivity contribution >= 4 is 27.6 Å². The van der Waals surface area contributed by atoms with Crippen LogP contribution in [0.25, 0.3) is 72.1 Å². The van der Waals surface area contributed by atoms with Gasteiger partial charge in [0.15, 0.2) is 23.2 Å². The molecule has 11 rings (SSSR count). The zero-order chi connectivity index (χ0) is 32.5. The maximum atomic E-state index is 7.60. The zero-order valence-corrected chi connectivity index (χ0v) is 27.1. The van der Waals surface area contributed by atoms with Crippen molar-refractivity contribution in [3.63, 3.8) is 0 Å². The molecule has 0 amide bonds. The third-order valence-corrected chi connectivity index (χ3v) is 11.5. The van der Waals surface area contributed by atoms with Gasteiger partial charge in [-0.1, -0.05) is 91.0 Å². The Morgan fingerprint density at radius 1 is 0.571 bits per heavy atom. The first-order valence-corrected chi connectivity index (χ1v) is 17.5. The Bertz CT molecular complexity index is 2420. The van der Waals surface area contributed by atoms with Crippen molar-refractivity contribution in [2.45, 2.75) is 43.9 Å². The first-order chi connectivity index (χ1) is 24.1. The van der Waals surface area contributed by atoms with Crippen LogP contribution in [0.5, 0.6) is 0 Å². The quantitative estimate of drug-likeness (QED) is 0.177. The number of benzene rings is 5. The zero-order valence-electron chi connectivity index (χ0n) is 27.1. The van der Waals surface area contributed by atoms with Gasteiger partial charge in [-0.2, -0.15) is 0 Å². The third-order valence-electron chi connectivity index (χ3n) is 11.5. The summed E-state index contributed by atoms with van der Waals surface area (Å²) in [5.41, 5.74) is 8.89. The topological polar surface area (TPSA) is 56.2 Å². The van der Waals surface area contributed by atoms with Crippen LogP contribution in [-0.4, -0.2) is 15.0 Å². The van der Waals surface area contributed by atoms with Gasteiger partial charge in [-0.05, 0) is 103 Å². The van der Waals surface area contributed by atoms with Gasteiger partial charge >= 0.3 is 0 Å². The Hall–Kier alpha value is -5.60. The van der Waals surface area contributed by atoms with Crippen LogP contribution in [0, 0.1) is 24.3 Å². The number of furan rings is 1. The van der Waals surface area contributed by atoms with Crippen LogP contribution in [0.2, 0.25) is 0 Å². The smallest absolute Gasteiger partial charge is 0.187 e. The second-order valence-corrected chi connectivity index (χ2v) is 14.6. The summed E-state index contributed by atoms with van der Waals surface area (Å²) < 4.78 is 6.64. The van der Waals surface area contributed by atoms with E-state index in [1.54, 1.807) is 6.07 Å². The number of fused-ring (bicyclic) bond motifs is 3. The van der Waals surface area contributed by atoms with Crippen molar-refractivity contribution in [2.75, 3.05) is 0 Å². The monoisotopic (exact) mass is 634 g/mol. The van der Waals surface area contributed by atoms with Crippen LogP contribution in [0.4, 0.5) is 5.69 Å². The number of nitrogens with zero attached hydrogens (tertiary/aromatic N) is 4. The molecule has 4 aliphatic rings. The molecule has 5 heteroatoms. The van der Waals surface area contributed by atoms with Gasteiger partial charge < -0.3 is 4.42 Å². The van der Waals surface area contributed by atoms with Crippen molar-refractivity contribution in [1.82, 2.24) is 15.0 Å². The van der Waals surface area contributed by atoms with Gasteiger partial charge in [0.25, 0.3) is 0 Å². The molecule has 0 saturated heterocycles. The Labute approximate surface area is 285 Å². The SMILES string of the molecule is [C-]#[N+]c1cccc(-c2nc(-c3cccc(-c4ccccc4)c3)nc(-c3cccc4oc5cc(C67CC8CC(CC(C8)C6)C7)ccc5c34)n2)c1. The van der Waals surface area contributed by atoms with Gasteiger partial charge in [0.2, 0.25) is 0 Å². The Balaban J connectivity index is 1.13. The molecule has 0 aliphatic heterocycles. The minimum Gasteiger partial charge on any atom is -0.456 e. The second kappa shape index (κ2) is 11.0. The Morgan fingerprint density at radius 3 is 1.94 bits per heavy atom. The molecule has 0 radical (unpaired) electrons. The van der Waals surface area contributed by atoms with Crippen molar-refractivity contribution in [3.8, 4) is 45.3 Å². The Kier molecular flexibility index (Phi) is 6.36. The lowest BCUT2D eigenvalue weighted by Crippen LogP contribution is -2.48. The molecule has 0 spiro atoms. The lowest BCUT2D eigenvalue weighted by atomic mass is 9.48. The highest BCUT2D eigenvalue weighted by atomic mass is 16.3. The van der Waals surface area contributed by atoms with Gasteiger partial charge in [0.1, 0.15) is 11.2 Å². The van der Waals surface area contributed by atoms with Crippen LogP contribution in [0.15, 0.2) is 120 Å². The molecule has 2 heterocycles. The molecule has 4 saturated carbocycles. The average Bonchev–Trinajstić information content (AvgIpc) is 3.53. The molecular formula is C44H34N4O. The summed E-state index contributed by atoms with van der Waals surface area (Å²) in [7, 11) is 0. The first kappa shape index (κ1) is 28.4. The average molecular weight is 635 g/mol. The van der Waals surface area contributed by atoms with E-state index in [0.717, 1.165) is 67.5 Å². The van der Waals surface area contributed by atoms with Crippen molar-refractivity contribution in [1.29, 1.82) is 0 Å². The minimum atomic E-state index is 0.302. The molecule has 236 valence electrons. The van der Waals surface area contributed by atoms with Crippen LogP contribution in [-0.2, 0) is 5.41 Å². The molecule has 49 heavy (non-hydrogen) atoms. The molecule has 4 bridgehead atoms. The van der Waals surface area contributed by atoms with Crippen LogP contribution < -0.4 is 0 Å². The predicted octanol–water partition coefficient (Wildman–Crippen LogP) is 11.5. The molecule has 0 N–H and O–H groups in total. The fraction of sp³-hybridized carbons (Fsp3) is 0.227. The van der Waals surface area contributed by atoms with E-state index in [2.05, 4.69) is 59.4 Å². The third kappa shape index (κ3) is 4.77. The summed E-state index contributed by atoms with van der Waals surface area (Å²) in [5.74, 6) is 4.36. The molecule has 0 unspecified atom stereocenters. The highest BCUT2D eigenvalue weighted by Crippen LogP contribution is 2.61. The van der Waals surface area contributed by atoms with E-state index in [1.165, 1.54) is 44.1 Å². The van der Waals surface area contributed by atoms with Crippen molar-refractivity contribution < 1.29 is 4.42 Å². The fourth-order valence-corrected chi connectivity index (χ4v) is 9.74. The summed E-state index contributed by atoms with van der Waals surface area (Å²) in [6.45, 7) is 7.60. The summed E-state index contributed by atoms with van der Waals surface area (Å²) in [6.07, 6.45) is 8.28. The van der Waals surface area contributed by atoms with E-state index < -0.39 is 0 Å². The van der Waals surface area contributed by atoms with Gasteiger partial charge in [-0.3, -0.25) is 0 Å². The van der Waals surface area contributed by atoms with E-state index in [1.807, 2.05) is 54.6 Å². The molecule has 7 aromatic rings. The fourth-order valence-electron chi connectivity index (χ4n) is 9.74. The second-order valence-electron chi connectivity index (χ2n) is 14.6. The molecule has 5 nitrogen and oxygen atoms in total. The van der Waals surface area contributed by atoms with Gasteiger partial charge in [-0.25, -0.2) is 19.8 Å². The van der Waals surface area contributed by atoms with Crippen LogP contribution in [0.1, 0.15) is 44.1 Å². The minimum absolute atomic E-state index is 0.302.